The molecule has 0 aliphatic rings. The minimum atomic E-state index is -5.19. The third-order valence-electron chi connectivity index (χ3n) is 2.19. The Morgan fingerprint density at radius 3 is 1.80 bits per heavy atom. The first-order valence-electron chi connectivity index (χ1n) is 5.18. The summed E-state index contributed by atoms with van der Waals surface area (Å²) >= 11 is 0. The van der Waals surface area contributed by atoms with Crippen LogP contribution in [-0.2, 0) is 14.3 Å². The van der Waals surface area contributed by atoms with Crippen molar-refractivity contribution in [3.05, 3.63) is 29.1 Å². The number of hydrogen-bond acceptors (Lipinski definition) is 4. The van der Waals surface area contributed by atoms with Crippen LogP contribution in [0.25, 0.3) is 0 Å². The molecular weight excluding hydrogens is 311 g/mol. The summed E-state index contributed by atoms with van der Waals surface area (Å²) < 4.78 is 92.0. The molecule has 0 aliphatic heterocycles. The molecule has 4 nitrogen and oxygen atoms in total. The Morgan fingerprint density at radius 1 is 1.00 bits per heavy atom. The third-order valence-corrected chi connectivity index (χ3v) is 3.53. The van der Waals surface area contributed by atoms with Gasteiger partial charge in [-0.15, -0.1) is 0 Å². The molecule has 0 amide bonds. The van der Waals surface area contributed by atoms with Gasteiger partial charge in [0.05, 0.1) is 12.7 Å². The van der Waals surface area contributed by atoms with Gasteiger partial charge in [0.15, 0.2) is 28.2 Å². The predicted molar refractivity (Wildman–Crippen MR) is 55.7 cm³/mol. The van der Waals surface area contributed by atoms with E-state index in [1.165, 1.54) is 6.92 Å². The molecule has 0 radical (unpaired) electrons. The summed E-state index contributed by atoms with van der Waals surface area (Å²) in [6, 6.07) is 0. The largest absolute Gasteiger partial charge is 0.393 e. The third kappa shape index (κ3) is 3.25. The zero-order chi connectivity index (χ0) is 15.7. The van der Waals surface area contributed by atoms with Crippen LogP contribution in [0.5, 0.6) is 0 Å². The number of aliphatic hydroxyl groups is 1. The maximum absolute atomic E-state index is 13.3. The highest BCUT2D eigenvalue weighted by Gasteiger charge is 2.34. The molecule has 1 atom stereocenters. The van der Waals surface area contributed by atoms with Crippen molar-refractivity contribution in [3.8, 4) is 0 Å². The minimum absolute atomic E-state index is 0.214. The first kappa shape index (κ1) is 16.8. The van der Waals surface area contributed by atoms with Crippen molar-refractivity contribution in [2.45, 2.75) is 24.3 Å². The Morgan fingerprint density at radius 2 is 1.40 bits per heavy atom. The van der Waals surface area contributed by atoms with Gasteiger partial charge in [0.2, 0.25) is 5.82 Å². The van der Waals surface area contributed by atoms with E-state index in [0.717, 1.165) is 0 Å². The van der Waals surface area contributed by atoms with E-state index < -0.39 is 56.8 Å². The molecule has 114 valence electrons. The van der Waals surface area contributed by atoms with Crippen molar-refractivity contribution in [1.29, 1.82) is 0 Å². The highest BCUT2D eigenvalue weighted by molar-refractivity contribution is 7.86. The van der Waals surface area contributed by atoms with Gasteiger partial charge in [-0.3, -0.25) is 4.18 Å². The van der Waals surface area contributed by atoms with Gasteiger partial charge in [-0.2, -0.15) is 8.42 Å². The lowest BCUT2D eigenvalue weighted by Crippen LogP contribution is -2.17. The second-order valence-electron chi connectivity index (χ2n) is 3.81. The van der Waals surface area contributed by atoms with Crippen LogP contribution >= 0.6 is 0 Å². The second-order valence-corrected chi connectivity index (χ2v) is 5.37. The SMILES string of the molecule is CC(O)CCOS(=O)(=O)c1c(F)c(F)c(F)c(F)c1F. The smallest absolute Gasteiger partial charge is 0.303 e. The zero-order valence-electron chi connectivity index (χ0n) is 9.96. The molecule has 0 aliphatic carbocycles. The van der Waals surface area contributed by atoms with Crippen LogP contribution < -0.4 is 0 Å². The Balaban J connectivity index is 3.26. The lowest BCUT2D eigenvalue weighted by atomic mass is 10.3. The summed E-state index contributed by atoms with van der Waals surface area (Å²) in [6.07, 6.45) is -1.18. The molecule has 0 fully saturated rings. The van der Waals surface area contributed by atoms with Crippen LogP contribution in [0.2, 0.25) is 0 Å². The maximum atomic E-state index is 13.3. The minimum Gasteiger partial charge on any atom is -0.393 e. The van der Waals surface area contributed by atoms with E-state index in [1.807, 2.05) is 0 Å². The zero-order valence-corrected chi connectivity index (χ0v) is 10.8. The van der Waals surface area contributed by atoms with Crippen LogP contribution in [0.3, 0.4) is 0 Å². The van der Waals surface area contributed by atoms with E-state index in [4.69, 9.17) is 5.11 Å². The highest BCUT2D eigenvalue weighted by atomic mass is 32.2. The van der Waals surface area contributed by atoms with Crippen molar-refractivity contribution in [1.82, 2.24) is 0 Å². The van der Waals surface area contributed by atoms with Crippen molar-refractivity contribution in [2.24, 2.45) is 0 Å². The van der Waals surface area contributed by atoms with Crippen molar-refractivity contribution in [3.63, 3.8) is 0 Å². The number of halogens is 5. The number of benzene rings is 1. The second kappa shape index (κ2) is 6.02. The molecule has 20 heavy (non-hydrogen) atoms. The normalized spacial score (nSPS) is 13.6. The highest BCUT2D eigenvalue weighted by Crippen LogP contribution is 2.27. The topological polar surface area (TPSA) is 63.6 Å². The molecule has 0 heterocycles. The van der Waals surface area contributed by atoms with Crippen LogP contribution in [0, 0.1) is 29.1 Å². The molecule has 0 bridgehead atoms. The summed E-state index contributed by atoms with van der Waals surface area (Å²) in [5, 5.41) is 8.86. The molecule has 0 aromatic heterocycles. The standard InChI is InChI=1S/C10H9F5O4S/c1-4(16)2-3-19-20(17,18)10-8(14)6(12)5(11)7(13)9(10)15/h4,16H,2-3H2,1H3. The molecule has 0 saturated heterocycles. The fourth-order valence-electron chi connectivity index (χ4n) is 1.19. The Labute approximate surface area is 110 Å². The number of aliphatic hydroxyl groups excluding tert-OH is 1. The Hall–Kier alpha value is -1.26. The van der Waals surface area contributed by atoms with Gasteiger partial charge >= 0.3 is 10.1 Å². The Kier molecular flexibility index (Phi) is 5.05. The molecule has 1 N–H and O–H groups in total. The first-order valence-corrected chi connectivity index (χ1v) is 6.59. The quantitative estimate of drug-likeness (QED) is 0.389. The van der Waals surface area contributed by atoms with Crippen molar-refractivity contribution >= 4 is 10.1 Å². The lowest BCUT2D eigenvalue weighted by Gasteiger charge is -2.10. The average Bonchev–Trinajstić information content (AvgIpc) is 2.33. The van der Waals surface area contributed by atoms with Gasteiger partial charge < -0.3 is 5.11 Å². The summed E-state index contributed by atoms with van der Waals surface area (Å²) in [6.45, 7) is 0.605. The van der Waals surface area contributed by atoms with Gasteiger partial charge in [-0.05, 0) is 13.3 Å². The average molecular weight is 320 g/mol. The van der Waals surface area contributed by atoms with E-state index in [-0.39, 0.29) is 6.42 Å². The van der Waals surface area contributed by atoms with E-state index in [1.54, 1.807) is 0 Å². The van der Waals surface area contributed by atoms with Gasteiger partial charge in [0.1, 0.15) is 0 Å². The van der Waals surface area contributed by atoms with E-state index in [9.17, 15) is 30.4 Å². The van der Waals surface area contributed by atoms with Crippen LogP contribution in [-0.4, -0.2) is 26.2 Å². The molecule has 1 unspecified atom stereocenters. The van der Waals surface area contributed by atoms with E-state index >= 15 is 0 Å². The Bertz CT molecular complexity index is 586. The fourth-order valence-corrected chi connectivity index (χ4v) is 2.24. The fraction of sp³-hybridized carbons (Fsp3) is 0.400. The van der Waals surface area contributed by atoms with Crippen molar-refractivity contribution < 1.29 is 39.7 Å². The molecule has 1 rings (SSSR count). The lowest BCUT2D eigenvalue weighted by molar-refractivity contribution is 0.157. The first-order chi connectivity index (χ1) is 9.09. The van der Waals surface area contributed by atoms with E-state index in [2.05, 4.69) is 4.18 Å². The number of rotatable bonds is 5. The summed E-state index contributed by atoms with van der Waals surface area (Å²) in [5.41, 5.74) is 0. The van der Waals surface area contributed by atoms with Crippen molar-refractivity contribution in [2.75, 3.05) is 6.61 Å². The monoisotopic (exact) mass is 320 g/mol. The molecule has 0 saturated carbocycles. The summed E-state index contributed by atoms with van der Waals surface area (Å²) in [5.74, 6) is -12.2. The molecule has 1 aromatic rings. The molecule has 0 spiro atoms. The van der Waals surface area contributed by atoms with Gasteiger partial charge in [0.25, 0.3) is 0 Å². The van der Waals surface area contributed by atoms with Gasteiger partial charge in [-0.25, -0.2) is 22.0 Å². The summed E-state index contributed by atoms with van der Waals surface area (Å²) in [4.78, 5) is -2.06. The van der Waals surface area contributed by atoms with E-state index in [0.29, 0.717) is 0 Å². The van der Waals surface area contributed by atoms with Crippen LogP contribution in [0.15, 0.2) is 4.90 Å². The van der Waals surface area contributed by atoms with Crippen LogP contribution in [0.4, 0.5) is 22.0 Å². The molecular formula is C10H9F5O4S. The van der Waals surface area contributed by atoms with Gasteiger partial charge in [-0.1, -0.05) is 0 Å². The predicted octanol–water partition coefficient (Wildman–Crippen LogP) is 1.86. The maximum Gasteiger partial charge on any atom is 0.303 e. The summed E-state index contributed by atoms with van der Waals surface area (Å²) in [7, 11) is -5.19. The number of hydrogen-bond donors (Lipinski definition) is 1. The van der Waals surface area contributed by atoms with Gasteiger partial charge in [0, 0.05) is 0 Å². The molecule has 1 aromatic carbocycles. The van der Waals surface area contributed by atoms with Crippen LogP contribution in [0.1, 0.15) is 13.3 Å². The molecule has 10 heteroatoms.